The number of pyridine rings is 1. The number of nitrogens with zero attached hydrogens (tertiary/aromatic N) is 3. The minimum Gasteiger partial charge on any atom is -0.330 e. The van der Waals surface area contributed by atoms with Crippen LogP contribution in [0.25, 0.3) is 11.0 Å². The number of fused-ring (bicyclic) bond motifs is 1. The van der Waals surface area contributed by atoms with E-state index in [0.29, 0.717) is 6.54 Å². The Hall–Kier alpha value is -1.42. The summed E-state index contributed by atoms with van der Waals surface area (Å²) in [4.78, 5) is 8.79. The highest BCUT2D eigenvalue weighted by Gasteiger charge is 2.20. The van der Waals surface area contributed by atoms with Crippen LogP contribution < -0.4 is 5.73 Å². The maximum absolute atomic E-state index is 5.58. The molecule has 0 fully saturated rings. The molecule has 0 amide bonds. The lowest BCUT2D eigenvalue weighted by Crippen LogP contribution is -2.24. The van der Waals surface area contributed by atoms with Crippen LogP contribution in [0.1, 0.15) is 33.0 Å². The first-order valence-electron chi connectivity index (χ1n) is 6.06. The fourth-order valence-corrected chi connectivity index (χ4v) is 2.16. The Kier molecular flexibility index (Phi) is 3.15. The van der Waals surface area contributed by atoms with Crippen LogP contribution >= 0.6 is 0 Å². The smallest absolute Gasteiger partial charge is 0.110 e. The van der Waals surface area contributed by atoms with Crippen molar-refractivity contribution in [2.45, 2.75) is 39.2 Å². The van der Waals surface area contributed by atoms with Gasteiger partial charge >= 0.3 is 0 Å². The Morgan fingerprint density at radius 3 is 2.76 bits per heavy atom. The van der Waals surface area contributed by atoms with Gasteiger partial charge in [0, 0.05) is 18.2 Å². The third-order valence-electron chi connectivity index (χ3n) is 2.80. The summed E-state index contributed by atoms with van der Waals surface area (Å²) < 4.78 is 2.29. The average molecular weight is 232 g/mol. The predicted molar refractivity (Wildman–Crippen MR) is 69.9 cm³/mol. The topological polar surface area (TPSA) is 56.7 Å². The van der Waals surface area contributed by atoms with Gasteiger partial charge in [-0.2, -0.15) is 0 Å². The fraction of sp³-hybridized carbons (Fsp3) is 0.538. The Bertz CT molecular complexity index is 508. The summed E-state index contributed by atoms with van der Waals surface area (Å²) in [6.45, 7) is 7.28. The van der Waals surface area contributed by atoms with Crippen molar-refractivity contribution in [3.05, 3.63) is 24.3 Å². The molecule has 0 bridgehead atoms. The van der Waals surface area contributed by atoms with Crippen LogP contribution in [0.2, 0.25) is 0 Å². The quantitative estimate of drug-likeness (QED) is 0.881. The second-order valence-corrected chi connectivity index (χ2v) is 5.29. The summed E-state index contributed by atoms with van der Waals surface area (Å²) >= 11 is 0. The van der Waals surface area contributed by atoms with E-state index in [1.165, 1.54) is 0 Å². The summed E-state index contributed by atoms with van der Waals surface area (Å²) in [7, 11) is 0. The predicted octanol–water partition coefficient (Wildman–Crippen LogP) is 2.08. The normalized spacial score (nSPS) is 12.2. The van der Waals surface area contributed by atoms with Crippen LogP contribution in [0.15, 0.2) is 18.5 Å². The van der Waals surface area contributed by atoms with Gasteiger partial charge in [-0.15, -0.1) is 0 Å². The molecule has 0 spiro atoms. The number of imidazole rings is 1. The molecule has 0 saturated heterocycles. The molecule has 0 aromatic carbocycles. The van der Waals surface area contributed by atoms with Gasteiger partial charge < -0.3 is 10.3 Å². The molecule has 0 aliphatic heterocycles. The van der Waals surface area contributed by atoms with Crippen molar-refractivity contribution in [1.29, 1.82) is 0 Å². The molecular weight excluding hydrogens is 212 g/mol. The highest BCUT2D eigenvalue weighted by atomic mass is 15.1. The van der Waals surface area contributed by atoms with Gasteiger partial charge in [-0.1, -0.05) is 0 Å². The first-order valence-corrected chi connectivity index (χ1v) is 6.06. The lowest BCUT2D eigenvalue weighted by molar-refractivity contribution is 0.393. The van der Waals surface area contributed by atoms with E-state index in [4.69, 9.17) is 5.73 Å². The Labute approximate surface area is 102 Å². The average Bonchev–Trinajstić information content (AvgIpc) is 2.63. The molecule has 2 rings (SSSR count). The van der Waals surface area contributed by atoms with E-state index in [0.717, 1.165) is 29.7 Å². The number of aryl methyl sites for hydroxylation is 1. The molecule has 0 unspecified atom stereocenters. The molecule has 0 atom stereocenters. The van der Waals surface area contributed by atoms with Crippen molar-refractivity contribution in [2.75, 3.05) is 6.54 Å². The van der Waals surface area contributed by atoms with Crippen molar-refractivity contribution in [3.8, 4) is 0 Å². The molecule has 4 nitrogen and oxygen atoms in total. The minimum absolute atomic E-state index is 0.0278. The number of aromatic nitrogens is 3. The lowest BCUT2D eigenvalue weighted by Gasteiger charge is -2.24. The molecule has 0 saturated carbocycles. The van der Waals surface area contributed by atoms with Gasteiger partial charge in [0.2, 0.25) is 0 Å². The number of rotatable bonds is 3. The molecule has 0 radical (unpaired) electrons. The molecule has 4 heteroatoms. The van der Waals surface area contributed by atoms with Crippen LogP contribution in [0.3, 0.4) is 0 Å². The largest absolute Gasteiger partial charge is 0.330 e. The summed E-state index contributed by atoms with van der Waals surface area (Å²) in [5, 5.41) is 0. The van der Waals surface area contributed by atoms with Crippen molar-refractivity contribution in [1.82, 2.24) is 14.5 Å². The van der Waals surface area contributed by atoms with Crippen LogP contribution in [-0.2, 0) is 12.0 Å². The molecule has 2 aromatic heterocycles. The fourth-order valence-electron chi connectivity index (χ4n) is 2.16. The molecule has 92 valence electrons. The molecule has 2 N–H and O–H groups in total. The monoisotopic (exact) mass is 232 g/mol. The lowest BCUT2D eigenvalue weighted by atomic mass is 10.1. The zero-order valence-corrected chi connectivity index (χ0v) is 10.8. The highest BCUT2D eigenvalue weighted by Crippen LogP contribution is 2.25. The summed E-state index contributed by atoms with van der Waals surface area (Å²) in [5.74, 6) is 1.10. The van der Waals surface area contributed by atoms with E-state index in [1.54, 1.807) is 0 Å². The van der Waals surface area contributed by atoms with Gasteiger partial charge in [0.15, 0.2) is 0 Å². The molecule has 0 aliphatic carbocycles. The maximum atomic E-state index is 5.58. The number of nitrogens with two attached hydrogens (primary N) is 1. The zero-order chi connectivity index (χ0) is 12.5. The molecule has 17 heavy (non-hydrogen) atoms. The third-order valence-corrected chi connectivity index (χ3v) is 2.80. The summed E-state index contributed by atoms with van der Waals surface area (Å²) in [5.41, 5.74) is 7.73. The van der Waals surface area contributed by atoms with Crippen molar-refractivity contribution >= 4 is 11.0 Å². The Balaban J connectivity index is 2.57. The minimum atomic E-state index is 0.0278. The van der Waals surface area contributed by atoms with Crippen LogP contribution in [0.5, 0.6) is 0 Å². The van der Waals surface area contributed by atoms with Crippen LogP contribution in [-0.4, -0.2) is 21.1 Å². The van der Waals surface area contributed by atoms with Crippen LogP contribution in [0.4, 0.5) is 0 Å². The Morgan fingerprint density at radius 1 is 1.35 bits per heavy atom. The van der Waals surface area contributed by atoms with E-state index < -0.39 is 0 Å². The molecule has 0 aliphatic rings. The van der Waals surface area contributed by atoms with Crippen molar-refractivity contribution < 1.29 is 0 Å². The number of hydrogen-bond acceptors (Lipinski definition) is 3. The zero-order valence-electron chi connectivity index (χ0n) is 10.8. The van der Waals surface area contributed by atoms with Gasteiger partial charge in [-0.05, 0) is 39.8 Å². The van der Waals surface area contributed by atoms with Gasteiger partial charge in [0.05, 0.1) is 11.7 Å². The summed E-state index contributed by atoms with van der Waals surface area (Å²) in [6, 6.07) is 2.03. The maximum Gasteiger partial charge on any atom is 0.110 e. The van der Waals surface area contributed by atoms with Gasteiger partial charge in [-0.3, -0.25) is 4.98 Å². The van der Waals surface area contributed by atoms with Gasteiger partial charge in [-0.25, -0.2) is 4.98 Å². The second kappa shape index (κ2) is 4.45. The van der Waals surface area contributed by atoms with E-state index in [1.807, 2.05) is 18.5 Å². The first-order chi connectivity index (χ1) is 8.04. The SMILES string of the molecule is CC(C)(C)n1c(CCCN)nc2cnccc21. The van der Waals surface area contributed by atoms with Crippen LogP contribution in [0, 0.1) is 0 Å². The van der Waals surface area contributed by atoms with E-state index in [-0.39, 0.29) is 5.54 Å². The molecule has 2 aromatic rings. The number of hydrogen-bond donors (Lipinski definition) is 1. The van der Waals surface area contributed by atoms with Crippen molar-refractivity contribution in [2.24, 2.45) is 5.73 Å². The Morgan fingerprint density at radius 2 is 2.12 bits per heavy atom. The van der Waals surface area contributed by atoms with Gasteiger partial charge in [0.25, 0.3) is 0 Å². The second-order valence-electron chi connectivity index (χ2n) is 5.29. The van der Waals surface area contributed by atoms with E-state index in [9.17, 15) is 0 Å². The molecular formula is C13H20N4. The van der Waals surface area contributed by atoms with E-state index >= 15 is 0 Å². The summed E-state index contributed by atoms with van der Waals surface area (Å²) in [6.07, 6.45) is 5.53. The van der Waals surface area contributed by atoms with E-state index in [2.05, 4.69) is 35.3 Å². The van der Waals surface area contributed by atoms with Gasteiger partial charge in [0.1, 0.15) is 11.3 Å². The highest BCUT2D eigenvalue weighted by molar-refractivity contribution is 5.75. The third kappa shape index (κ3) is 2.31. The first kappa shape index (κ1) is 12.0. The standard InChI is InChI=1S/C13H20N4/c1-13(2,3)17-11-6-8-15-9-10(11)16-12(17)5-4-7-14/h6,8-9H,4-5,7,14H2,1-3H3. The van der Waals surface area contributed by atoms with Crippen molar-refractivity contribution in [3.63, 3.8) is 0 Å². The molecule has 2 heterocycles.